The zero-order chi connectivity index (χ0) is 20.0. The Morgan fingerprint density at radius 2 is 1.65 bits per heavy atom. The summed E-state index contributed by atoms with van der Waals surface area (Å²) in [6, 6.07) is 0. The molecule has 146 valence electrons. The Labute approximate surface area is 151 Å². The van der Waals surface area contributed by atoms with Crippen LogP contribution < -0.4 is 0 Å². The lowest BCUT2D eigenvalue weighted by molar-refractivity contribution is -0.292. The van der Waals surface area contributed by atoms with Crippen LogP contribution in [-0.4, -0.2) is 36.8 Å². The molecule has 1 saturated carbocycles. The highest BCUT2D eigenvalue weighted by Gasteiger charge is 2.61. The van der Waals surface area contributed by atoms with E-state index in [1.165, 1.54) is 0 Å². The van der Waals surface area contributed by atoms with Gasteiger partial charge in [0.1, 0.15) is 0 Å². The molecule has 1 aliphatic carbocycles. The molecule has 0 aromatic heterocycles. The molecule has 0 aromatic rings. The first kappa shape index (κ1) is 21.0. The molecule has 1 aliphatic heterocycles. The number of nitrogens with zero attached hydrogens (tertiary/aromatic N) is 1. The number of ether oxygens (including phenoxy) is 1. The number of allylic oxidation sites excluding steroid dienone is 3. The van der Waals surface area contributed by atoms with E-state index in [-0.39, 0.29) is 12.8 Å². The first-order chi connectivity index (χ1) is 11.7. The molecule has 2 rings (SSSR count). The summed E-state index contributed by atoms with van der Waals surface area (Å²) < 4.78 is 70.6. The fourth-order valence-electron chi connectivity index (χ4n) is 2.64. The number of halogens is 4. The Morgan fingerprint density at radius 1 is 1.15 bits per heavy atom. The van der Waals surface area contributed by atoms with Gasteiger partial charge in [-0.1, -0.05) is 0 Å². The minimum atomic E-state index is -4.61. The van der Waals surface area contributed by atoms with E-state index in [9.17, 15) is 17.6 Å². The standard InChI is InChI=1S/C17H24BF4NO3/c1-11(18-25-14(2,3)15(4,5)26-18)10-12(19)13(23-6)24-16(8-7-9-16)17(20,21)22/h10H,6-9H2,1-5H3/b11-10+,13-12-. The monoisotopic (exact) mass is 377 g/mol. The van der Waals surface area contributed by atoms with E-state index in [1.54, 1.807) is 6.92 Å². The predicted octanol–water partition coefficient (Wildman–Crippen LogP) is 4.90. The van der Waals surface area contributed by atoms with Gasteiger partial charge in [0.25, 0.3) is 5.88 Å². The van der Waals surface area contributed by atoms with Crippen molar-refractivity contribution in [2.45, 2.75) is 76.9 Å². The SMILES string of the molecule is C=N/C(OC1(C(F)(F)F)CCC1)=C(F)\C=C(/C)B1OC(C)(C)C(C)(C)O1. The van der Waals surface area contributed by atoms with Crippen LogP contribution in [0.1, 0.15) is 53.9 Å². The molecular formula is C17H24BF4NO3. The molecule has 0 amide bonds. The molecule has 0 aromatic carbocycles. The van der Waals surface area contributed by atoms with Crippen LogP contribution in [0.5, 0.6) is 0 Å². The summed E-state index contributed by atoms with van der Waals surface area (Å²) >= 11 is 0. The highest BCUT2D eigenvalue weighted by molar-refractivity contribution is 6.54. The van der Waals surface area contributed by atoms with Crippen molar-refractivity contribution in [3.05, 3.63) is 23.3 Å². The molecule has 9 heteroatoms. The van der Waals surface area contributed by atoms with Gasteiger partial charge in [-0.2, -0.15) is 13.2 Å². The van der Waals surface area contributed by atoms with Crippen LogP contribution in [0.4, 0.5) is 17.6 Å². The number of hydrogen-bond acceptors (Lipinski definition) is 4. The van der Waals surface area contributed by atoms with Crippen molar-refractivity contribution in [1.82, 2.24) is 0 Å². The average molecular weight is 377 g/mol. The first-order valence-electron chi connectivity index (χ1n) is 8.41. The Balaban J connectivity index is 2.23. The number of aliphatic imine (C=N–C) groups is 1. The van der Waals surface area contributed by atoms with Crippen molar-refractivity contribution in [1.29, 1.82) is 0 Å². The van der Waals surface area contributed by atoms with E-state index in [1.807, 2.05) is 27.7 Å². The summed E-state index contributed by atoms with van der Waals surface area (Å²) in [7, 11) is -0.822. The van der Waals surface area contributed by atoms with Gasteiger partial charge in [0.2, 0.25) is 5.60 Å². The van der Waals surface area contributed by atoms with Gasteiger partial charge in [0.15, 0.2) is 5.83 Å². The zero-order valence-electron chi connectivity index (χ0n) is 15.7. The van der Waals surface area contributed by atoms with Gasteiger partial charge in [-0.25, -0.2) is 9.38 Å². The molecule has 1 heterocycles. The number of rotatable bonds is 5. The second-order valence-electron chi connectivity index (χ2n) is 7.74. The predicted molar refractivity (Wildman–Crippen MR) is 91.2 cm³/mol. The Bertz CT molecular complexity index is 620. The summed E-state index contributed by atoms with van der Waals surface area (Å²) in [6.45, 7) is 12.1. The van der Waals surface area contributed by atoms with Crippen LogP contribution in [0, 0.1) is 0 Å². The van der Waals surface area contributed by atoms with Crippen LogP contribution in [0.2, 0.25) is 0 Å². The van der Waals surface area contributed by atoms with E-state index in [4.69, 9.17) is 14.0 Å². The molecule has 2 fully saturated rings. The van der Waals surface area contributed by atoms with E-state index < -0.39 is 41.8 Å². The quantitative estimate of drug-likeness (QED) is 0.225. The molecule has 0 radical (unpaired) electrons. The molecule has 0 spiro atoms. The van der Waals surface area contributed by atoms with Crippen LogP contribution in [0.3, 0.4) is 0 Å². The van der Waals surface area contributed by atoms with Gasteiger partial charge in [0, 0.05) is 0 Å². The van der Waals surface area contributed by atoms with Crippen LogP contribution in [0.15, 0.2) is 28.3 Å². The third kappa shape index (κ3) is 3.69. The molecule has 0 bridgehead atoms. The van der Waals surface area contributed by atoms with E-state index in [0.29, 0.717) is 11.9 Å². The maximum absolute atomic E-state index is 14.5. The molecule has 2 aliphatic rings. The van der Waals surface area contributed by atoms with Crippen molar-refractivity contribution in [3.8, 4) is 0 Å². The van der Waals surface area contributed by atoms with Crippen molar-refractivity contribution >= 4 is 13.8 Å². The van der Waals surface area contributed by atoms with Crippen molar-refractivity contribution in [2.75, 3.05) is 0 Å². The number of alkyl halides is 3. The summed E-state index contributed by atoms with van der Waals surface area (Å²) in [5, 5.41) is 0. The van der Waals surface area contributed by atoms with Crippen molar-refractivity contribution in [2.24, 2.45) is 4.99 Å². The van der Waals surface area contributed by atoms with E-state index in [0.717, 1.165) is 6.08 Å². The molecular weight excluding hydrogens is 353 g/mol. The minimum absolute atomic E-state index is 0.233. The molecule has 0 N–H and O–H groups in total. The van der Waals surface area contributed by atoms with Gasteiger partial charge in [-0.15, -0.1) is 0 Å². The second kappa shape index (κ2) is 6.67. The first-order valence-corrected chi connectivity index (χ1v) is 8.41. The van der Waals surface area contributed by atoms with Crippen LogP contribution in [0.25, 0.3) is 0 Å². The van der Waals surface area contributed by atoms with Gasteiger partial charge in [0.05, 0.1) is 11.2 Å². The Morgan fingerprint density at radius 3 is 2.00 bits per heavy atom. The summed E-state index contributed by atoms with van der Waals surface area (Å²) in [5.74, 6) is -1.83. The van der Waals surface area contributed by atoms with E-state index >= 15 is 0 Å². The average Bonchev–Trinajstić information content (AvgIpc) is 2.65. The third-order valence-corrected chi connectivity index (χ3v) is 5.30. The van der Waals surface area contributed by atoms with Gasteiger partial charge < -0.3 is 14.0 Å². The van der Waals surface area contributed by atoms with Crippen molar-refractivity contribution < 1.29 is 31.6 Å². The minimum Gasteiger partial charge on any atom is -0.459 e. The highest BCUT2D eigenvalue weighted by atomic mass is 19.4. The van der Waals surface area contributed by atoms with Gasteiger partial charge >= 0.3 is 13.3 Å². The van der Waals surface area contributed by atoms with E-state index in [2.05, 4.69) is 11.7 Å². The molecule has 0 atom stereocenters. The van der Waals surface area contributed by atoms with Crippen LogP contribution >= 0.6 is 0 Å². The molecule has 0 unspecified atom stereocenters. The summed E-state index contributed by atoms with van der Waals surface area (Å²) in [4.78, 5) is 3.31. The topological polar surface area (TPSA) is 40.0 Å². The largest absolute Gasteiger partial charge is 0.490 e. The fourth-order valence-corrected chi connectivity index (χ4v) is 2.64. The van der Waals surface area contributed by atoms with Crippen molar-refractivity contribution in [3.63, 3.8) is 0 Å². The maximum atomic E-state index is 14.5. The summed E-state index contributed by atoms with van der Waals surface area (Å²) in [6.07, 6.45) is -3.71. The second-order valence-corrected chi connectivity index (χ2v) is 7.74. The summed E-state index contributed by atoms with van der Waals surface area (Å²) in [5.41, 5.74) is -3.28. The van der Waals surface area contributed by atoms with Gasteiger partial charge in [-0.05, 0) is 72.1 Å². The zero-order valence-corrected chi connectivity index (χ0v) is 15.7. The highest BCUT2D eigenvalue weighted by Crippen LogP contribution is 2.49. The molecule has 4 nitrogen and oxygen atoms in total. The third-order valence-electron chi connectivity index (χ3n) is 5.30. The lowest BCUT2D eigenvalue weighted by Crippen LogP contribution is -2.52. The Kier molecular flexibility index (Phi) is 5.38. The lowest BCUT2D eigenvalue weighted by Gasteiger charge is -2.42. The lowest BCUT2D eigenvalue weighted by atomic mass is 9.79. The number of hydrogen-bond donors (Lipinski definition) is 0. The fraction of sp³-hybridized carbons (Fsp3) is 0.706. The normalized spacial score (nSPS) is 25.4. The molecule has 1 saturated heterocycles. The smallest absolute Gasteiger partial charge is 0.459 e. The molecule has 26 heavy (non-hydrogen) atoms. The van der Waals surface area contributed by atoms with Gasteiger partial charge in [-0.3, -0.25) is 0 Å². The Hall–Kier alpha value is -1.35. The van der Waals surface area contributed by atoms with Crippen LogP contribution in [-0.2, 0) is 14.0 Å². The maximum Gasteiger partial charge on any atom is 0.490 e.